The maximum Gasteiger partial charge on any atom is 0.407 e. The zero-order valence-electron chi connectivity index (χ0n) is 16.9. The van der Waals surface area contributed by atoms with Crippen molar-refractivity contribution in [1.82, 2.24) is 10.6 Å². The van der Waals surface area contributed by atoms with Crippen molar-refractivity contribution in [3.05, 3.63) is 0 Å². The van der Waals surface area contributed by atoms with Crippen LogP contribution in [-0.2, 0) is 4.74 Å². The van der Waals surface area contributed by atoms with Crippen molar-refractivity contribution in [2.45, 2.75) is 97.1 Å². The van der Waals surface area contributed by atoms with Gasteiger partial charge in [-0.2, -0.15) is 0 Å². The lowest BCUT2D eigenvalue weighted by Crippen LogP contribution is -2.46. The first kappa shape index (κ1) is 20.5. The molecule has 0 aromatic heterocycles. The second-order valence-electron chi connectivity index (χ2n) is 9.24. The molecular formula is C21H40N2O2. The van der Waals surface area contributed by atoms with E-state index in [1.165, 1.54) is 57.8 Å². The molecule has 0 heterocycles. The Morgan fingerprint density at radius 2 is 1.60 bits per heavy atom. The molecule has 0 bridgehead atoms. The van der Waals surface area contributed by atoms with Crippen LogP contribution in [0, 0.1) is 17.8 Å². The highest BCUT2D eigenvalue weighted by Crippen LogP contribution is 2.31. The van der Waals surface area contributed by atoms with Gasteiger partial charge < -0.3 is 15.4 Å². The Hall–Kier alpha value is -0.770. The molecule has 4 heteroatoms. The van der Waals surface area contributed by atoms with Crippen LogP contribution in [0.5, 0.6) is 0 Å². The topological polar surface area (TPSA) is 50.4 Å². The van der Waals surface area contributed by atoms with E-state index in [1.807, 2.05) is 20.8 Å². The van der Waals surface area contributed by atoms with Gasteiger partial charge in [-0.1, -0.05) is 39.0 Å². The van der Waals surface area contributed by atoms with Crippen LogP contribution in [0.1, 0.15) is 85.5 Å². The predicted molar refractivity (Wildman–Crippen MR) is 104 cm³/mol. The van der Waals surface area contributed by atoms with Crippen LogP contribution in [0.15, 0.2) is 0 Å². The van der Waals surface area contributed by atoms with Crippen LogP contribution in [0.2, 0.25) is 0 Å². The number of hydrogen-bond acceptors (Lipinski definition) is 3. The highest BCUT2D eigenvalue weighted by molar-refractivity contribution is 5.67. The third-order valence-electron chi connectivity index (χ3n) is 6.03. The molecule has 0 radical (unpaired) electrons. The minimum absolute atomic E-state index is 0.283. The summed E-state index contributed by atoms with van der Waals surface area (Å²) in [6.45, 7) is 9.94. The smallest absolute Gasteiger partial charge is 0.407 e. The quantitative estimate of drug-likeness (QED) is 0.716. The van der Waals surface area contributed by atoms with Crippen molar-refractivity contribution in [3.8, 4) is 0 Å². The number of alkyl carbamates (subject to hydrolysis) is 1. The molecule has 2 rings (SSSR count). The van der Waals surface area contributed by atoms with Gasteiger partial charge in [0.05, 0.1) is 0 Å². The first-order valence-electron chi connectivity index (χ1n) is 10.6. The number of carbonyl (C=O) groups excluding carboxylic acids is 1. The molecule has 2 atom stereocenters. The number of ether oxygens (including phenoxy) is 1. The summed E-state index contributed by atoms with van der Waals surface area (Å²) < 4.78 is 5.37. The van der Waals surface area contributed by atoms with Gasteiger partial charge in [0.25, 0.3) is 0 Å². The molecule has 2 aliphatic carbocycles. The fourth-order valence-corrected chi connectivity index (χ4v) is 4.41. The molecule has 0 aromatic rings. The van der Waals surface area contributed by atoms with Gasteiger partial charge >= 0.3 is 6.09 Å². The van der Waals surface area contributed by atoms with Gasteiger partial charge in [0.15, 0.2) is 0 Å². The standard InChI is InChI=1S/C21H40N2O2/c1-5-16-10-12-17(13-11-16)14-22-19-9-7-6-8-18(19)15-23-20(24)25-21(2,3)4/h16-19,22H,5-15H2,1-4H3,(H,23,24). The maximum atomic E-state index is 11.9. The Balaban J connectivity index is 1.71. The van der Waals surface area contributed by atoms with E-state index in [2.05, 4.69) is 17.6 Å². The van der Waals surface area contributed by atoms with Crippen LogP contribution in [-0.4, -0.2) is 30.8 Å². The molecule has 0 saturated heterocycles. The van der Waals surface area contributed by atoms with Gasteiger partial charge in [0, 0.05) is 12.6 Å². The summed E-state index contributed by atoms with van der Waals surface area (Å²) in [5.74, 6) is 2.36. The summed E-state index contributed by atoms with van der Waals surface area (Å²) in [6, 6.07) is 0.549. The van der Waals surface area contributed by atoms with Crippen molar-refractivity contribution >= 4 is 6.09 Å². The molecular weight excluding hydrogens is 312 g/mol. The zero-order chi connectivity index (χ0) is 18.3. The highest BCUT2D eigenvalue weighted by atomic mass is 16.6. The molecule has 1 amide bonds. The SMILES string of the molecule is CCC1CCC(CNC2CCCCC2CNC(=O)OC(C)(C)C)CC1. The molecule has 0 spiro atoms. The molecule has 4 nitrogen and oxygen atoms in total. The normalized spacial score (nSPS) is 30.7. The molecule has 0 aromatic carbocycles. The zero-order valence-corrected chi connectivity index (χ0v) is 16.9. The molecule has 2 fully saturated rings. The van der Waals surface area contributed by atoms with Crippen molar-refractivity contribution in [2.24, 2.45) is 17.8 Å². The Morgan fingerprint density at radius 1 is 0.960 bits per heavy atom. The van der Waals surface area contributed by atoms with Crippen LogP contribution in [0.25, 0.3) is 0 Å². The van der Waals surface area contributed by atoms with Crippen molar-refractivity contribution in [3.63, 3.8) is 0 Å². The molecule has 2 saturated carbocycles. The molecule has 2 aliphatic rings. The highest BCUT2D eigenvalue weighted by Gasteiger charge is 2.27. The molecule has 25 heavy (non-hydrogen) atoms. The van der Waals surface area contributed by atoms with Crippen molar-refractivity contribution in [1.29, 1.82) is 0 Å². The van der Waals surface area contributed by atoms with Crippen LogP contribution < -0.4 is 10.6 Å². The lowest BCUT2D eigenvalue weighted by molar-refractivity contribution is 0.0510. The van der Waals surface area contributed by atoms with E-state index in [0.29, 0.717) is 12.0 Å². The Bertz CT molecular complexity index is 397. The van der Waals surface area contributed by atoms with E-state index < -0.39 is 5.60 Å². The van der Waals surface area contributed by atoms with E-state index in [9.17, 15) is 4.79 Å². The number of carbonyl (C=O) groups is 1. The van der Waals surface area contributed by atoms with Crippen LogP contribution in [0.3, 0.4) is 0 Å². The van der Waals surface area contributed by atoms with Gasteiger partial charge in [-0.15, -0.1) is 0 Å². The second kappa shape index (κ2) is 9.80. The van der Waals surface area contributed by atoms with Crippen molar-refractivity contribution in [2.75, 3.05) is 13.1 Å². The summed E-state index contributed by atoms with van der Waals surface area (Å²) >= 11 is 0. The summed E-state index contributed by atoms with van der Waals surface area (Å²) in [6.07, 6.45) is 11.7. The van der Waals surface area contributed by atoms with E-state index in [-0.39, 0.29) is 6.09 Å². The third-order valence-corrected chi connectivity index (χ3v) is 6.03. The maximum absolute atomic E-state index is 11.9. The van der Waals surface area contributed by atoms with E-state index in [1.54, 1.807) is 0 Å². The van der Waals surface area contributed by atoms with Gasteiger partial charge in [0.2, 0.25) is 0 Å². The van der Waals surface area contributed by atoms with Gasteiger partial charge in [-0.25, -0.2) is 4.79 Å². The third kappa shape index (κ3) is 7.55. The molecule has 146 valence electrons. The summed E-state index contributed by atoms with van der Waals surface area (Å²) in [4.78, 5) is 11.9. The fraction of sp³-hybridized carbons (Fsp3) is 0.952. The average molecular weight is 353 g/mol. The minimum Gasteiger partial charge on any atom is -0.444 e. The monoisotopic (exact) mass is 352 g/mol. The Kier molecular flexibility index (Phi) is 8.05. The number of hydrogen-bond donors (Lipinski definition) is 2. The largest absolute Gasteiger partial charge is 0.444 e. The van der Waals surface area contributed by atoms with Crippen LogP contribution in [0.4, 0.5) is 4.79 Å². The molecule has 2 unspecified atom stereocenters. The summed E-state index contributed by atoms with van der Waals surface area (Å²) in [5.41, 5.74) is -0.425. The lowest BCUT2D eigenvalue weighted by Gasteiger charge is -2.35. The first-order chi connectivity index (χ1) is 11.9. The van der Waals surface area contributed by atoms with Crippen LogP contribution >= 0.6 is 0 Å². The minimum atomic E-state index is -0.425. The summed E-state index contributed by atoms with van der Waals surface area (Å²) in [5, 5.41) is 6.84. The predicted octanol–water partition coefficient (Wildman–Crippen LogP) is 4.88. The van der Waals surface area contributed by atoms with E-state index in [0.717, 1.165) is 24.9 Å². The van der Waals surface area contributed by atoms with Gasteiger partial charge in [0.1, 0.15) is 5.60 Å². The fourth-order valence-electron chi connectivity index (χ4n) is 4.41. The number of rotatable bonds is 6. The Morgan fingerprint density at radius 3 is 2.24 bits per heavy atom. The molecule has 2 N–H and O–H groups in total. The molecule has 0 aliphatic heterocycles. The number of amides is 1. The first-order valence-corrected chi connectivity index (χ1v) is 10.6. The summed E-state index contributed by atoms with van der Waals surface area (Å²) in [7, 11) is 0. The van der Waals surface area contributed by atoms with Gasteiger partial charge in [-0.3, -0.25) is 0 Å². The number of nitrogens with one attached hydrogen (secondary N) is 2. The Labute approximate surface area is 154 Å². The van der Waals surface area contributed by atoms with E-state index in [4.69, 9.17) is 4.74 Å². The average Bonchev–Trinajstić information content (AvgIpc) is 2.58. The van der Waals surface area contributed by atoms with Gasteiger partial charge in [-0.05, 0) is 70.8 Å². The lowest BCUT2D eigenvalue weighted by atomic mass is 9.80. The second-order valence-corrected chi connectivity index (χ2v) is 9.24. The van der Waals surface area contributed by atoms with Crippen molar-refractivity contribution < 1.29 is 9.53 Å². The van der Waals surface area contributed by atoms with E-state index >= 15 is 0 Å².